The third-order valence-corrected chi connectivity index (χ3v) is 4.25. The molecule has 0 aromatic rings. The number of rotatable bonds is 11. The molecule has 2 nitrogen and oxygen atoms in total. The number of hydrogen-bond donors (Lipinski definition) is 1. The first-order chi connectivity index (χ1) is 8.83. The molecule has 0 spiro atoms. The van der Waals surface area contributed by atoms with Crippen LogP contribution in [-0.4, -0.2) is 26.3 Å². The second-order valence-corrected chi connectivity index (χ2v) is 5.95. The van der Waals surface area contributed by atoms with E-state index in [-0.39, 0.29) is 0 Å². The van der Waals surface area contributed by atoms with Crippen molar-refractivity contribution >= 4 is 0 Å². The van der Waals surface area contributed by atoms with E-state index in [0.717, 1.165) is 26.3 Å². The fourth-order valence-electron chi connectivity index (χ4n) is 2.92. The summed E-state index contributed by atoms with van der Waals surface area (Å²) in [6.07, 6.45) is 12.5. The third kappa shape index (κ3) is 6.19. The molecule has 1 saturated heterocycles. The van der Waals surface area contributed by atoms with Crippen LogP contribution in [0.5, 0.6) is 0 Å². The first kappa shape index (κ1) is 16.0. The Morgan fingerprint density at radius 2 is 1.72 bits per heavy atom. The van der Waals surface area contributed by atoms with Crippen molar-refractivity contribution in [1.82, 2.24) is 5.32 Å². The largest absolute Gasteiger partial charge is 0.381 e. The van der Waals surface area contributed by atoms with Gasteiger partial charge in [-0.1, -0.05) is 58.8 Å². The van der Waals surface area contributed by atoms with Crippen LogP contribution in [-0.2, 0) is 4.74 Å². The SMILES string of the molecule is CCCCCCCCCC1(CNCC)CCOC1. The normalized spacial score (nSPS) is 23.7. The molecule has 0 aromatic carbocycles. The van der Waals surface area contributed by atoms with Crippen molar-refractivity contribution in [1.29, 1.82) is 0 Å². The van der Waals surface area contributed by atoms with Crippen molar-refractivity contribution in [2.75, 3.05) is 26.3 Å². The Morgan fingerprint density at radius 3 is 2.33 bits per heavy atom. The molecule has 108 valence electrons. The second-order valence-electron chi connectivity index (χ2n) is 5.95. The minimum Gasteiger partial charge on any atom is -0.381 e. The topological polar surface area (TPSA) is 21.3 Å². The van der Waals surface area contributed by atoms with Gasteiger partial charge >= 0.3 is 0 Å². The van der Waals surface area contributed by atoms with Gasteiger partial charge in [-0.15, -0.1) is 0 Å². The minimum atomic E-state index is 0.458. The van der Waals surface area contributed by atoms with Gasteiger partial charge in [0.15, 0.2) is 0 Å². The molecule has 1 N–H and O–H groups in total. The van der Waals surface area contributed by atoms with E-state index in [1.807, 2.05) is 0 Å². The van der Waals surface area contributed by atoms with E-state index in [1.54, 1.807) is 0 Å². The second kappa shape index (κ2) is 9.80. The lowest BCUT2D eigenvalue weighted by Gasteiger charge is -2.27. The lowest BCUT2D eigenvalue weighted by Crippen LogP contribution is -2.34. The van der Waals surface area contributed by atoms with Crippen molar-refractivity contribution in [2.24, 2.45) is 5.41 Å². The molecule has 0 saturated carbocycles. The van der Waals surface area contributed by atoms with E-state index in [1.165, 1.54) is 57.8 Å². The maximum Gasteiger partial charge on any atom is 0.0535 e. The third-order valence-electron chi connectivity index (χ3n) is 4.25. The van der Waals surface area contributed by atoms with Crippen LogP contribution >= 0.6 is 0 Å². The molecule has 1 unspecified atom stereocenters. The van der Waals surface area contributed by atoms with E-state index in [2.05, 4.69) is 19.2 Å². The Kier molecular flexibility index (Phi) is 8.70. The standard InChI is InChI=1S/C16H33NO/c1-3-5-6-7-8-9-10-11-16(14-17-4-2)12-13-18-15-16/h17H,3-15H2,1-2H3. The molecule has 1 heterocycles. The number of ether oxygens (including phenoxy) is 1. The molecule has 1 fully saturated rings. The molecule has 1 atom stereocenters. The van der Waals surface area contributed by atoms with Gasteiger partial charge in [0.25, 0.3) is 0 Å². The summed E-state index contributed by atoms with van der Waals surface area (Å²) in [7, 11) is 0. The zero-order valence-electron chi connectivity index (χ0n) is 12.6. The molecule has 1 aliphatic heterocycles. The van der Waals surface area contributed by atoms with Gasteiger partial charge in [0.05, 0.1) is 6.61 Å². The monoisotopic (exact) mass is 255 g/mol. The first-order valence-electron chi connectivity index (χ1n) is 8.11. The van der Waals surface area contributed by atoms with E-state index in [0.29, 0.717) is 5.41 Å². The molecule has 0 radical (unpaired) electrons. The lowest BCUT2D eigenvalue weighted by molar-refractivity contribution is 0.142. The summed E-state index contributed by atoms with van der Waals surface area (Å²) >= 11 is 0. The van der Waals surface area contributed by atoms with Crippen molar-refractivity contribution in [2.45, 2.75) is 71.6 Å². The fraction of sp³-hybridized carbons (Fsp3) is 1.00. The highest BCUT2D eigenvalue weighted by atomic mass is 16.5. The van der Waals surface area contributed by atoms with Gasteiger partial charge in [-0.05, 0) is 19.4 Å². The van der Waals surface area contributed by atoms with Gasteiger partial charge in [0.1, 0.15) is 0 Å². The Balaban J connectivity index is 2.06. The van der Waals surface area contributed by atoms with Gasteiger partial charge in [0, 0.05) is 18.6 Å². The zero-order chi connectivity index (χ0) is 13.1. The van der Waals surface area contributed by atoms with Gasteiger partial charge in [-0.3, -0.25) is 0 Å². The average Bonchev–Trinajstić information content (AvgIpc) is 2.85. The Labute approximate surface area is 114 Å². The van der Waals surface area contributed by atoms with Crippen LogP contribution in [0.25, 0.3) is 0 Å². The van der Waals surface area contributed by atoms with Crippen LogP contribution in [0.2, 0.25) is 0 Å². The molecule has 2 heteroatoms. The predicted octanol–water partition coefficient (Wildman–Crippen LogP) is 4.14. The van der Waals surface area contributed by atoms with Crippen LogP contribution in [0.3, 0.4) is 0 Å². The van der Waals surface area contributed by atoms with Crippen molar-refractivity contribution in [3.8, 4) is 0 Å². The quantitative estimate of drug-likeness (QED) is 0.560. The summed E-state index contributed by atoms with van der Waals surface area (Å²) in [5.74, 6) is 0. The summed E-state index contributed by atoms with van der Waals surface area (Å²) in [6.45, 7) is 8.66. The maximum absolute atomic E-state index is 5.63. The Bertz CT molecular complexity index is 188. The van der Waals surface area contributed by atoms with Crippen LogP contribution in [0.1, 0.15) is 71.6 Å². The van der Waals surface area contributed by atoms with Gasteiger partial charge in [-0.25, -0.2) is 0 Å². The Morgan fingerprint density at radius 1 is 1.00 bits per heavy atom. The first-order valence-corrected chi connectivity index (χ1v) is 8.11. The summed E-state index contributed by atoms with van der Waals surface area (Å²) in [4.78, 5) is 0. The number of unbranched alkanes of at least 4 members (excludes halogenated alkanes) is 6. The summed E-state index contributed by atoms with van der Waals surface area (Å²) in [5, 5.41) is 3.52. The maximum atomic E-state index is 5.63. The molecular weight excluding hydrogens is 222 g/mol. The van der Waals surface area contributed by atoms with E-state index in [4.69, 9.17) is 4.74 Å². The smallest absolute Gasteiger partial charge is 0.0535 e. The average molecular weight is 255 g/mol. The molecule has 0 bridgehead atoms. The molecule has 1 aliphatic rings. The molecule has 0 aromatic heterocycles. The minimum absolute atomic E-state index is 0.458. The molecule has 0 aliphatic carbocycles. The van der Waals surface area contributed by atoms with Crippen molar-refractivity contribution in [3.05, 3.63) is 0 Å². The molecule has 0 amide bonds. The van der Waals surface area contributed by atoms with Gasteiger partial charge < -0.3 is 10.1 Å². The van der Waals surface area contributed by atoms with E-state index in [9.17, 15) is 0 Å². The summed E-state index contributed by atoms with van der Waals surface area (Å²) in [6, 6.07) is 0. The fourth-order valence-corrected chi connectivity index (χ4v) is 2.92. The van der Waals surface area contributed by atoms with Crippen molar-refractivity contribution in [3.63, 3.8) is 0 Å². The zero-order valence-corrected chi connectivity index (χ0v) is 12.6. The predicted molar refractivity (Wildman–Crippen MR) is 79.0 cm³/mol. The molecular formula is C16H33NO. The lowest BCUT2D eigenvalue weighted by atomic mass is 9.81. The number of nitrogens with one attached hydrogen (secondary N) is 1. The Hall–Kier alpha value is -0.0800. The highest BCUT2D eigenvalue weighted by Crippen LogP contribution is 2.33. The van der Waals surface area contributed by atoms with Gasteiger partial charge in [0.2, 0.25) is 0 Å². The van der Waals surface area contributed by atoms with E-state index < -0.39 is 0 Å². The number of hydrogen-bond acceptors (Lipinski definition) is 2. The van der Waals surface area contributed by atoms with Crippen LogP contribution in [0.15, 0.2) is 0 Å². The van der Waals surface area contributed by atoms with Crippen LogP contribution in [0.4, 0.5) is 0 Å². The highest BCUT2D eigenvalue weighted by Gasteiger charge is 2.33. The van der Waals surface area contributed by atoms with Crippen LogP contribution in [0, 0.1) is 5.41 Å². The highest BCUT2D eigenvalue weighted by molar-refractivity contribution is 4.85. The van der Waals surface area contributed by atoms with Gasteiger partial charge in [-0.2, -0.15) is 0 Å². The van der Waals surface area contributed by atoms with Crippen LogP contribution < -0.4 is 5.32 Å². The molecule has 1 rings (SSSR count). The molecule has 18 heavy (non-hydrogen) atoms. The van der Waals surface area contributed by atoms with Crippen molar-refractivity contribution < 1.29 is 4.74 Å². The summed E-state index contributed by atoms with van der Waals surface area (Å²) in [5.41, 5.74) is 0.458. The summed E-state index contributed by atoms with van der Waals surface area (Å²) < 4.78 is 5.63. The van der Waals surface area contributed by atoms with E-state index >= 15 is 0 Å².